The summed E-state index contributed by atoms with van der Waals surface area (Å²) < 4.78 is 3.57. The molecule has 6 nitrogen and oxygen atoms in total. The third-order valence-corrected chi connectivity index (χ3v) is 4.71. The molecule has 0 radical (unpaired) electrons. The van der Waals surface area contributed by atoms with Crippen LogP contribution in [0.15, 0.2) is 18.7 Å². The molecule has 98 valence electrons. The zero-order valence-corrected chi connectivity index (χ0v) is 11.2. The summed E-state index contributed by atoms with van der Waals surface area (Å²) in [7, 11) is 1.80. The van der Waals surface area contributed by atoms with Crippen molar-refractivity contribution >= 4 is 16.2 Å². The topological polar surface area (TPSA) is 68.2 Å². The smallest absolute Gasteiger partial charge is 0.141 e. The number of imidazole rings is 1. The number of hydrogen-bond acceptors (Lipinski definition) is 5. The van der Waals surface area contributed by atoms with E-state index in [1.54, 1.807) is 35.6 Å². The van der Waals surface area contributed by atoms with Gasteiger partial charge in [-0.05, 0) is 18.8 Å². The number of rotatable bonds is 3. The van der Waals surface area contributed by atoms with E-state index in [9.17, 15) is 5.11 Å². The van der Waals surface area contributed by atoms with E-state index in [0.29, 0.717) is 11.6 Å². The van der Waals surface area contributed by atoms with Gasteiger partial charge in [0, 0.05) is 11.9 Å². The lowest BCUT2D eigenvalue weighted by Gasteiger charge is -2.09. The highest BCUT2D eigenvalue weighted by atomic mass is 32.1. The highest BCUT2D eigenvalue weighted by Gasteiger charge is 2.33. The first-order valence-corrected chi connectivity index (χ1v) is 7.04. The van der Waals surface area contributed by atoms with Crippen LogP contribution in [0.25, 0.3) is 4.83 Å². The van der Waals surface area contributed by atoms with Gasteiger partial charge in [0.05, 0.1) is 18.1 Å². The molecule has 1 N–H and O–H groups in total. The molecular formula is C12H13N5OS. The van der Waals surface area contributed by atoms with Gasteiger partial charge in [0.1, 0.15) is 23.0 Å². The summed E-state index contributed by atoms with van der Waals surface area (Å²) in [6, 6.07) is 0. The molecule has 0 saturated heterocycles. The molecule has 3 heterocycles. The molecule has 1 atom stereocenters. The van der Waals surface area contributed by atoms with Crippen molar-refractivity contribution in [2.45, 2.75) is 24.9 Å². The third kappa shape index (κ3) is 1.69. The van der Waals surface area contributed by atoms with Crippen LogP contribution in [0.5, 0.6) is 0 Å². The van der Waals surface area contributed by atoms with E-state index in [4.69, 9.17) is 0 Å². The maximum atomic E-state index is 10.6. The second-order valence-electron chi connectivity index (χ2n) is 4.95. The largest absolute Gasteiger partial charge is 0.380 e. The maximum Gasteiger partial charge on any atom is 0.141 e. The first-order chi connectivity index (χ1) is 9.24. The number of fused-ring (bicyclic) bond motifs is 1. The Bertz CT molecular complexity index is 738. The number of thiazole rings is 1. The van der Waals surface area contributed by atoms with E-state index in [-0.39, 0.29) is 0 Å². The average Bonchev–Trinajstić information content (AvgIpc) is 2.83. The Morgan fingerprint density at radius 3 is 3.00 bits per heavy atom. The van der Waals surface area contributed by atoms with Gasteiger partial charge in [0.25, 0.3) is 0 Å². The lowest BCUT2D eigenvalue weighted by atomic mass is 10.1. The Morgan fingerprint density at radius 1 is 1.47 bits per heavy atom. The second-order valence-corrected chi connectivity index (χ2v) is 6.01. The van der Waals surface area contributed by atoms with Gasteiger partial charge in [-0.25, -0.2) is 4.98 Å². The van der Waals surface area contributed by atoms with Gasteiger partial charge >= 0.3 is 0 Å². The molecule has 1 aliphatic rings. The molecular weight excluding hydrogens is 262 g/mol. The Hall–Kier alpha value is -1.73. The maximum absolute atomic E-state index is 10.6. The third-order valence-electron chi connectivity index (χ3n) is 3.44. The fraction of sp³-hybridized carbons (Fsp3) is 0.417. The van der Waals surface area contributed by atoms with Crippen molar-refractivity contribution in [3.63, 3.8) is 0 Å². The SMILES string of the molecule is Cn1cc(C(O)c2c(C3CC3)sc3cncn23)nn1. The fourth-order valence-electron chi connectivity index (χ4n) is 2.36. The first-order valence-electron chi connectivity index (χ1n) is 6.23. The highest BCUT2D eigenvalue weighted by Crippen LogP contribution is 2.47. The monoisotopic (exact) mass is 275 g/mol. The Morgan fingerprint density at radius 2 is 2.32 bits per heavy atom. The number of aryl methyl sites for hydroxylation is 1. The molecule has 1 aliphatic carbocycles. The van der Waals surface area contributed by atoms with Crippen LogP contribution < -0.4 is 0 Å². The van der Waals surface area contributed by atoms with Crippen LogP contribution in [0, 0.1) is 0 Å². The molecule has 0 spiro atoms. The van der Waals surface area contributed by atoms with E-state index in [0.717, 1.165) is 10.5 Å². The minimum Gasteiger partial charge on any atom is -0.380 e. The van der Waals surface area contributed by atoms with Crippen molar-refractivity contribution in [1.82, 2.24) is 24.4 Å². The normalized spacial score (nSPS) is 17.2. The van der Waals surface area contributed by atoms with E-state index in [1.807, 2.05) is 10.6 Å². The van der Waals surface area contributed by atoms with Crippen LogP contribution >= 0.6 is 11.3 Å². The van der Waals surface area contributed by atoms with E-state index < -0.39 is 6.10 Å². The van der Waals surface area contributed by atoms with Crippen LogP contribution in [0.1, 0.15) is 41.1 Å². The summed E-state index contributed by atoms with van der Waals surface area (Å²) >= 11 is 1.72. The highest BCUT2D eigenvalue weighted by molar-refractivity contribution is 7.17. The standard InChI is InChI=1S/C12H13N5OS/c1-16-5-8(14-15-16)11(18)10-12(7-2-3-7)19-9-4-13-6-17(9)10/h4-7,11,18H,2-3H2,1H3. The summed E-state index contributed by atoms with van der Waals surface area (Å²) in [5.41, 5.74) is 1.48. The van der Waals surface area contributed by atoms with E-state index in [2.05, 4.69) is 15.3 Å². The molecule has 0 amide bonds. The van der Waals surface area contributed by atoms with Gasteiger partial charge in [0.2, 0.25) is 0 Å². The molecule has 1 fully saturated rings. The summed E-state index contributed by atoms with van der Waals surface area (Å²) in [6.07, 6.45) is 7.01. The van der Waals surface area contributed by atoms with Gasteiger partial charge in [-0.1, -0.05) is 5.21 Å². The van der Waals surface area contributed by atoms with Gasteiger partial charge < -0.3 is 5.11 Å². The van der Waals surface area contributed by atoms with Crippen LogP contribution in [-0.4, -0.2) is 29.5 Å². The minimum atomic E-state index is -0.743. The molecule has 0 aliphatic heterocycles. The lowest BCUT2D eigenvalue weighted by Crippen LogP contribution is -2.06. The molecule has 1 saturated carbocycles. The average molecular weight is 275 g/mol. The van der Waals surface area contributed by atoms with Gasteiger partial charge in [-0.3, -0.25) is 9.08 Å². The van der Waals surface area contributed by atoms with Crippen molar-refractivity contribution in [1.29, 1.82) is 0 Å². The minimum absolute atomic E-state index is 0.581. The molecule has 7 heteroatoms. The predicted molar refractivity (Wildman–Crippen MR) is 70.1 cm³/mol. The Kier molecular flexibility index (Phi) is 2.27. The van der Waals surface area contributed by atoms with Crippen molar-refractivity contribution < 1.29 is 5.11 Å². The van der Waals surface area contributed by atoms with Crippen molar-refractivity contribution in [2.75, 3.05) is 0 Å². The summed E-state index contributed by atoms with van der Waals surface area (Å²) in [6.45, 7) is 0. The number of aromatic nitrogens is 5. The van der Waals surface area contributed by atoms with Crippen LogP contribution in [0.3, 0.4) is 0 Å². The van der Waals surface area contributed by atoms with Crippen molar-refractivity contribution in [3.8, 4) is 0 Å². The zero-order valence-electron chi connectivity index (χ0n) is 10.4. The number of hydrogen-bond donors (Lipinski definition) is 1. The number of aliphatic hydroxyl groups is 1. The molecule has 3 aromatic rings. The zero-order chi connectivity index (χ0) is 13.0. The van der Waals surface area contributed by atoms with Crippen LogP contribution in [0.2, 0.25) is 0 Å². The first kappa shape index (κ1) is 11.1. The van der Waals surface area contributed by atoms with Crippen LogP contribution in [0.4, 0.5) is 0 Å². The quantitative estimate of drug-likeness (QED) is 0.786. The Balaban J connectivity index is 1.88. The molecule has 19 heavy (non-hydrogen) atoms. The predicted octanol–water partition coefficient (Wildman–Crippen LogP) is 1.48. The van der Waals surface area contributed by atoms with Gasteiger partial charge in [0.15, 0.2) is 0 Å². The molecule has 0 bridgehead atoms. The van der Waals surface area contributed by atoms with Gasteiger partial charge in [-0.2, -0.15) is 0 Å². The summed E-state index contributed by atoms with van der Waals surface area (Å²) in [4.78, 5) is 6.47. The number of aliphatic hydroxyl groups excluding tert-OH is 1. The van der Waals surface area contributed by atoms with Crippen molar-refractivity contribution in [2.24, 2.45) is 7.05 Å². The summed E-state index contributed by atoms with van der Waals surface area (Å²) in [5.74, 6) is 0.589. The lowest BCUT2D eigenvalue weighted by molar-refractivity contribution is 0.208. The number of nitrogens with zero attached hydrogens (tertiary/aromatic N) is 5. The molecule has 1 unspecified atom stereocenters. The van der Waals surface area contributed by atoms with Crippen LogP contribution in [-0.2, 0) is 7.05 Å². The summed E-state index contributed by atoms with van der Waals surface area (Å²) in [5, 5.41) is 18.5. The van der Waals surface area contributed by atoms with E-state index in [1.165, 1.54) is 17.7 Å². The van der Waals surface area contributed by atoms with Gasteiger partial charge in [-0.15, -0.1) is 16.4 Å². The molecule has 4 rings (SSSR count). The fourth-order valence-corrected chi connectivity index (χ4v) is 3.66. The molecule has 0 aromatic carbocycles. The second kappa shape index (κ2) is 3.88. The van der Waals surface area contributed by atoms with E-state index >= 15 is 0 Å². The Labute approximate surface area is 113 Å². The molecule has 3 aromatic heterocycles. The van der Waals surface area contributed by atoms with Crippen molar-refractivity contribution in [3.05, 3.63) is 35.0 Å².